The van der Waals surface area contributed by atoms with Gasteiger partial charge in [-0.3, -0.25) is 14.5 Å². The fourth-order valence-corrected chi connectivity index (χ4v) is 2.37. The van der Waals surface area contributed by atoms with Gasteiger partial charge in [0, 0.05) is 26.0 Å². The summed E-state index contributed by atoms with van der Waals surface area (Å²) in [6.07, 6.45) is 5.43. The third-order valence-electron chi connectivity index (χ3n) is 3.73. The molecule has 1 aliphatic carbocycles. The molecular weight excluding hydrogens is 206 g/mol. The number of nitrogens with zero attached hydrogens (tertiary/aromatic N) is 1. The van der Waals surface area contributed by atoms with Crippen molar-refractivity contribution >= 4 is 11.8 Å². The van der Waals surface area contributed by atoms with Crippen molar-refractivity contribution in [1.29, 1.82) is 0 Å². The first-order valence-corrected chi connectivity index (χ1v) is 6.11. The maximum Gasteiger partial charge on any atom is 0.229 e. The number of hydrogen-bond acceptors (Lipinski definition) is 3. The summed E-state index contributed by atoms with van der Waals surface area (Å²) in [7, 11) is 0. The van der Waals surface area contributed by atoms with E-state index in [9.17, 15) is 9.59 Å². The average molecular weight is 225 g/mol. The van der Waals surface area contributed by atoms with E-state index >= 15 is 0 Å². The molecule has 0 radical (unpaired) electrons. The first-order valence-electron chi connectivity index (χ1n) is 6.11. The Morgan fingerprint density at radius 2 is 1.69 bits per heavy atom. The van der Waals surface area contributed by atoms with Crippen LogP contribution >= 0.6 is 0 Å². The Hall–Kier alpha value is -0.900. The predicted octanol–water partition coefficient (Wildman–Crippen LogP) is 1.08. The van der Waals surface area contributed by atoms with Crippen LogP contribution in [0.5, 0.6) is 0 Å². The minimum absolute atomic E-state index is 0.0216. The van der Waals surface area contributed by atoms with E-state index in [1.807, 2.05) is 0 Å². The molecule has 2 amide bonds. The van der Waals surface area contributed by atoms with Crippen LogP contribution < -0.4 is 0 Å². The normalized spacial score (nSPS) is 24.4. The molecule has 0 aromatic heterocycles. The standard InChI is InChI=1S/C12H19NO3/c14-8-7-12(5-6-12)9-13-10(15)3-1-2-4-11(13)16/h14H,1-9H2. The summed E-state index contributed by atoms with van der Waals surface area (Å²) in [5, 5.41) is 8.97. The monoisotopic (exact) mass is 225 g/mol. The molecule has 90 valence electrons. The number of hydrogen-bond donors (Lipinski definition) is 1. The summed E-state index contributed by atoms with van der Waals surface area (Å²) >= 11 is 0. The maximum atomic E-state index is 11.8. The molecule has 1 N–H and O–H groups in total. The number of carbonyl (C=O) groups is 2. The van der Waals surface area contributed by atoms with Crippen LogP contribution in [0, 0.1) is 5.41 Å². The van der Waals surface area contributed by atoms with Gasteiger partial charge in [0.05, 0.1) is 0 Å². The smallest absolute Gasteiger partial charge is 0.229 e. The summed E-state index contributed by atoms with van der Waals surface area (Å²) in [6, 6.07) is 0. The van der Waals surface area contributed by atoms with Crippen molar-refractivity contribution in [3.63, 3.8) is 0 Å². The summed E-state index contributed by atoms with van der Waals surface area (Å²) < 4.78 is 0. The van der Waals surface area contributed by atoms with E-state index in [1.54, 1.807) is 0 Å². The van der Waals surface area contributed by atoms with Crippen molar-refractivity contribution < 1.29 is 14.7 Å². The lowest BCUT2D eigenvalue weighted by molar-refractivity contribution is -0.144. The van der Waals surface area contributed by atoms with Crippen LogP contribution in [0.1, 0.15) is 44.9 Å². The van der Waals surface area contributed by atoms with Crippen LogP contribution in [0.25, 0.3) is 0 Å². The highest BCUT2D eigenvalue weighted by Gasteiger charge is 2.45. The molecule has 1 saturated carbocycles. The highest BCUT2D eigenvalue weighted by atomic mass is 16.3. The van der Waals surface area contributed by atoms with E-state index in [2.05, 4.69) is 0 Å². The number of aliphatic hydroxyl groups is 1. The lowest BCUT2D eigenvalue weighted by Crippen LogP contribution is -2.39. The molecular formula is C12H19NO3. The van der Waals surface area contributed by atoms with Gasteiger partial charge in [-0.15, -0.1) is 0 Å². The summed E-state index contributed by atoms with van der Waals surface area (Å²) in [5.74, 6) is -0.0431. The van der Waals surface area contributed by atoms with Crippen LogP contribution in [0.15, 0.2) is 0 Å². The minimum Gasteiger partial charge on any atom is -0.396 e. The zero-order chi connectivity index (χ0) is 11.6. The zero-order valence-corrected chi connectivity index (χ0v) is 9.57. The van der Waals surface area contributed by atoms with Crippen LogP contribution in [0.2, 0.25) is 0 Å². The van der Waals surface area contributed by atoms with Gasteiger partial charge in [0.15, 0.2) is 0 Å². The SMILES string of the molecule is O=C1CCCCC(=O)N1CC1(CCO)CC1. The number of carbonyl (C=O) groups excluding carboxylic acids is 2. The van der Waals surface area contributed by atoms with Crippen LogP contribution in [-0.4, -0.2) is 35.0 Å². The Labute approximate surface area is 95.6 Å². The largest absolute Gasteiger partial charge is 0.396 e. The number of amides is 2. The van der Waals surface area contributed by atoms with Crippen molar-refractivity contribution in [1.82, 2.24) is 4.90 Å². The number of likely N-dealkylation sites (tertiary alicyclic amines) is 1. The van der Waals surface area contributed by atoms with Crippen LogP contribution in [0.4, 0.5) is 0 Å². The molecule has 1 heterocycles. The quantitative estimate of drug-likeness (QED) is 0.728. The predicted molar refractivity (Wildman–Crippen MR) is 58.6 cm³/mol. The fraction of sp³-hybridized carbons (Fsp3) is 0.833. The topological polar surface area (TPSA) is 57.6 Å². The molecule has 0 aromatic rings. The van der Waals surface area contributed by atoms with E-state index in [1.165, 1.54) is 4.90 Å². The molecule has 0 aromatic carbocycles. The first-order chi connectivity index (χ1) is 7.67. The van der Waals surface area contributed by atoms with Gasteiger partial charge >= 0.3 is 0 Å². The van der Waals surface area contributed by atoms with Crippen molar-refractivity contribution in [2.45, 2.75) is 44.9 Å². The second-order valence-electron chi connectivity index (χ2n) is 5.05. The Balaban J connectivity index is 2.00. The Kier molecular flexibility index (Phi) is 3.28. The molecule has 4 nitrogen and oxygen atoms in total. The highest BCUT2D eigenvalue weighted by Crippen LogP contribution is 2.49. The van der Waals surface area contributed by atoms with E-state index in [-0.39, 0.29) is 23.8 Å². The lowest BCUT2D eigenvalue weighted by Gasteiger charge is -2.24. The molecule has 0 atom stereocenters. The third kappa shape index (κ3) is 2.43. The van der Waals surface area contributed by atoms with E-state index < -0.39 is 0 Å². The number of rotatable bonds is 4. The Morgan fingerprint density at radius 1 is 1.12 bits per heavy atom. The second-order valence-corrected chi connectivity index (χ2v) is 5.05. The van der Waals surface area contributed by atoms with Gasteiger partial charge in [0.1, 0.15) is 0 Å². The van der Waals surface area contributed by atoms with E-state index in [0.717, 1.165) is 25.7 Å². The van der Waals surface area contributed by atoms with Crippen molar-refractivity contribution in [3.05, 3.63) is 0 Å². The van der Waals surface area contributed by atoms with Gasteiger partial charge < -0.3 is 5.11 Å². The van der Waals surface area contributed by atoms with Gasteiger partial charge in [-0.1, -0.05) is 0 Å². The third-order valence-corrected chi connectivity index (χ3v) is 3.73. The molecule has 2 aliphatic rings. The Morgan fingerprint density at radius 3 is 2.12 bits per heavy atom. The van der Waals surface area contributed by atoms with E-state index in [4.69, 9.17) is 5.11 Å². The molecule has 0 unspecified atom stereocenters. The summed E-state index contributed by atoms with van der Waals surface area (Å²) in [4.78, 5) is 25.0. The molecule has 2 fully saturated rings. The lowest BCUT2D eigenvalue weighted by atomic mass is 10.0. The van der Waals surface area contributed by atoms with Crippen molar-refractivity contribution in [2.75, 3.05) is 13.2 Å². The molecule has 1 saturated heterocycles. The Bertz CT molecular complexity index is 279. The van der Waals surface area contributed by atoms with Gasteiger partial charge in [0.25, 0.3) is 0 Å². The molecule has 0 spiro atoms. The zero-order valence-electron chi connectivity index (χ0n) is 9.57. The van der Waals surface area contributed by atoms with Gasteiger partial charge in [-0.2, -0.15) is 0 Å². The van der Waals surface area contributed by atoms with Gasteiger partial charge in [-0.25, -0.2) is 0 Å². The average Bonchev–Trinajstić information content (AvgIpc) is 3.02. The highest BCUT2D eigenvalue weighted by molar-refractivity contribution is 5.96. The summed E-state index contributed by atoms with van der Waals surface area (Å²) in [6.45, 7) is 0.682. The van der Waals surface area contributed by atoms with Crippen molar-refractivity contribution in [2.24, 2.45) is 5.41 Å². The molecule has 1 aliphatic heterocycles. The van der Waals surface area contributed by atoms with E-state index in [0.29, 0.717) is 25.8 Å². The summed E-state index contributed by atoms with van der Waals surface area (Å²) in [5.41, 5.74) is 0.0460. The first kappa shape index (κ1) is 11.6. The van der Waals surface area contributed by atoms with Gasteiger partial charge in [-0.05, 0) is 37.5 Å². The van der Waals surface area contributed by atoms with Crippen LogP contribution in [0.3, 0.4) is 0 Å². The minimum atomic E-state index is -0.0216. The second kappa shape index (κ2) is 4.53. The molecule has 2 rings (SSSR count). The number of aliphatic hydroxyl groups excluding tert-OH is 1. The van der Waals surface area contributed by atoms with Crippen LogP contribution in [-0.2, 0) is 9.59 Å². The van der Waals surface area contributed by atoms with Crippen molar-refractivity contribution in [3.8, 4) is 0 Å². The molecule has 0 bridgehead atoms. The van der Waals surface area contributed by atoms with Gasteiger partial charge in [0.2, 0.25) is 11.8 Å². The maximum absolute atomic E-state index is 11.8. The fourth-order valence-electron chi connectivity index (χ4n) is 2.37. The molecule has 16 heavy (non-hydrogen) atoms. The number of imide groups is 1. The molecule has 4 heteroatoms.